The van der Waals surface area contributed by atoms with E-state index in [2.05, 4.69) is 10.1 Å². The molecule has 9 heteroatoms. The van der Waals surface area contributed by atoms with Crippen LogP contribution in [0.4, 0.5) is 13.2 Å². The molecule has 0 aliphatic carbocycles. The van der Waals surface area contributed by atoms with Crippen molar-refractivity contribution in [3.05, 3.63) is 108 Å². The first-order valence-corrected chi connectivity index (χ1v) is 11.4. The number of amides is 1. The topological polar surface area (TPSA) is 84.7 Å². The average Bonchev–Trinajstić information content (AvgIpc) is 3.10. The number of likely N-dealkylation sites (N-methyl/N-ethyl adjacent to an activating group) is 1. The third-order valence-corrected chi connectivity index (χ3v) is 6.56. The zero-order valence-electron chi connectivity index (χ0n) is 19.6. The molecule has 0 radical (unpaired) electrons. The summed E-state index contributed by atoms with van der Waals surface area (Å²) in [5.41, 5.74) is 6.85. The van der Waals surface area contributed by atoms with E-state index in [1.54, 1.807) is 48.5 Å². The van der Waals surface area contributed by atoms with Gasteiger partial charge in [-0.05, 0) is 45.2 Å². The van der Waals surface area contributed by atoms with E-state index < -0.39 is 29.6 Å². The summed E-state index contributed by atoms with van der Waals surface area (Å²) < 4.78 is 43.7. The van der Waals surface area contributed by atoms with Crippen molar-refractivity contribution >= 4 is 22.6 Å². The Bertz CT molecular complexity index is 1510. The van der Waals surface area contributed by atoms with Gasteiger partial charge in [-0.2, -0.15) is 13.2 Å². The van der Waals surface area contributed by atoms with Crippen molar-refractivity contribution in [3.8, 4) is 11.1 Å². The lowest BCUT2D eigenvalue weighted by Crippen LogP contribution is -2.64. The molecule has 5 rings (SSSR count). The number of nitrogens with one attached hydrogen (secondary N) is 1. The molecule has 0 spiro atoms. The number of carbonyl (C=O) groups is 2. The van der Waals surface area contributed by atoms with E-state index in [4.69, 9.17) is 5.73 Å². The number of rotatable bonds is 4. The molecular weight excluding hydrogens is 483 g/mol. The highest BCUT2D eigenvalue weighted by Crippen LogP contribution is 2.41. The molecule has 37 heavy (non-hydrogen) atoms. The predicted octanol–water partition coefficient (Wildman–Crippen LogP) is 4.49. The maximum absolute atomic E-state index is 13.8. The van der Waals surface area contributed by atoms with Crippen molar-refractivity contribution < 1.29 is 27.5 Å². The molecule has 2 atom stereocenters. The van der Waals surface area contributed by atoms with Crippen LogP contribution in [0.3, 0.4) is 0 Å². The fraction of sp³-hybridized carbons (Fsp3) is 0.143. The van der Waals surface area contributed by atoms with Crippen LogP contribution in [0, 0.1) is 0 Å². The van der Waals surface area contributed by atoms with Gasteiger partial charge in [-0.1, -0.05) is 84.9 Å². The van der Waals surface area contributed by atoms with Crippen molar-refractivity contribution in [1.29, 1.82) is 0 Å². The van der Waals surface area contributed by atoms with Gasteiger partial charge in [-0.3, -0.25) is 15.4 Å². The molecule has 2 unspecified atom stereocenters. The lowest BCUT2D eigenvalue weighted by atomic mass is 9.81. The van der Waals surface area contributed by atoms with E-state index in [1.165, 1.54) is 7.05 Å². The van der Waals surface area contributed by atoms with Gasteiger partial charge in [0, 0.05) is 7.05 Å². The van der Waals surface area contributed by atoms with Crippen LogP contribution in [-0.2, 0) is 19.9 Å². The summed E-state index contributed by atoms with van der Waals surface area (Å²) in [6, 6.07) is 29.3. The fourth-order valence-corrected chi connectivity index (χ4v) is 4.65. The van der Waals surface area contributed by atoms with Crippen molar-refractivity contribution in [1.82, 2.24) is 10.2 Å². The first-order chi connectivity index (χ1) is 17.5. The van der Waals surface area contributed by atoms with E-state index in [9.17, 15) is 22.8 Å². The largest absolute Gasteiger partial charge is 0.491 e. The van der Waals surface area contributed by atoms with Crippen molar-refractivity contribution in [2.75, 3.05) is 7.05 Å². The molecule has 1 amide bonds. The quantitative estimate of drug-likeness (QED) is 0.316. The molecule has 1 aliphatic heterocycles. The summed E-state index contributed by atoms with van der Waals surface area (Å²) in [5.74, 6) is -5.76. The first kappa shape index (κ1) is 24.5. The molecule has 0 saturated carbocycles. The molecule has 1 fully saturated rings. The Morgan fingerprint density at radius 2 is 1.46 bits per heavy atom. The fourth-order valence-electron chi connectivity index (χ4n) is 4.65. The normalized spacial score (nSPS) is 21.9. The lowest BCUT2D eigenvalue weighted by Gasteiger charge is -2.32. The Hall–Kier alpha value is -4.21. The number of benzene rings is 4. The second kappa shape index (κ2) is 8.72. The highest BCUT2D eigenvalue weighted by atomic mass is 19.4. The molecule has 1 aliphatic rings. The summed E-state index contributed by atoms with van der Waals surface area (Å²) >= 11 is 0. The van der Waals surface area contributed by atoms with Crippen LogP contribution in [0.1, 0.15) is 11.1 Å². The van der Waals surface area contributed by atoms with Crippen molar-refractivity contribution in [2.45, 2.75) is 17.7 Å². The summed E-state index contributed by atoms with van der Waals surface area (Å²) in [6.07, 6.45) is -5.30. The number of halogens is 3. The summed E-state index contributed by atoms with van der Waals surface area (Å²) in [7, 11) is 1.18. The number of hydrogen-bond donors (Lipinski definition) is 2. The monoisotopic (exact) mass is 505 g/mol. The summed E-state index contributed by atoms with van der Waals surface area (Å²) in [6.45, 7) is 0. The highest BCUT2D eigenvalue weighted by Gasteiger charge is 2.62. The van der Waals surface area contributed by atoms with E-state index in [0.29, 0.717) is 11.1 Å². The van der Waals surface area contributed by atoms with Crippen LogP contribution in [0.15, 0.2) is 97.1 Å². The Kier molecular flexibility index (Phi) is 5.77. The third-order valence-electron chi connectivity index (χ3n) is 6.56. The molecule has 0 bridgehead atoms. The summed E-state index contributed by atoms with van der Waals surface area (Å²) in [5, 5.41) is 4.83. The SMILES string of the molecule is CN1C(=O)C(c2ccccc2)(c2cccc(-c3ccc4ccccc4c3)c2)NC1(N)OC(=O)C(F)(F)F. The number of ether oxygens (including phenoxy) is 1. The second-order valence-corrected chi connectivity index (χ2v) is 8.83. The molecule has 4 aromatic rings. The molecule has 0 aromatic heterocycles. The van der Waals surface area contributed by atoms with Crippen LogP contribution in [-0.4, -0.2) is 36.0 Å². The Morgan fingerprint density at radius 1 is 0.838 bits per heavy atom. The Morgan fingerprint density at radius 3 is 2.16 bits per heavy atom. The molecule has 188 valence electrons. The minimum atomic E-state index is -5.30. The van der Waals surface area contributed by atoms with Gasteiger partial charge in [0.1, 0.15) is 0 Å². The van der Waals surface area contributed by atoms with Crippen LogP contribution in [0.5, 0.6) is 0 Å². The van der Waals surface area contributed by atoms with Gasteiger partial charge in [0.15, 0.2) is 5.54 Å². The van der Waals surface area contributed by atoms with E-state index >= 15 is 0 Å². The molecule has 3 N–H and O–H groups in total. The number of carbonyl (C=O) groups excluding carboxylic acids is 2. The maximum atomic E-state index is 13.8. The van der Waals surface area contributed by atoms with Gasteiger partial charge in [-0.15, -0.1) is 0 Å². The second-order valence-electron chi connectivity index (χ2n) is 8.83. The summed E-state index contributed by atoms with van der Waals surface area (Å²) in [4.78, 5) is 26.3. The predicted molar refractivity (Wildman–Crippen MR) is 132 cm³/mol. The average molecular weight is 505 g/mol. The Labute approximate surface area is 210 Å². The van der Waals surface area contributed by atoms with Crippen LogP contribution in [0.2, 0.25) is 0 Å². The van der Waals surface area contributed by atoms with Crippen LogP contribution >= 0.6 is 0 Å². The van der Waals surface area contributed by atoms with Gasteiger partial charge in [0.25, 0.3) is 5.91 Å². The van der Waals surface area contributed by atoms with Crippen molar-refractivity contribution in [2.24, 2.45) is 5.73 Å². The number of fused-ring (bicyclic) bond motifs is 1. The third kappa shape index (κ3) is 4.12. The van der Waals surface area contributed by atoms with Gasteiger partial charge < -0.3 is 4.74 Å². The number of esters is 1. The highest BCUT2D eigenvalue weighted by molar-refractivity contribution is 5.95. The van der Waals surface area contributed by atoms with Gasteiger partial charge >= 0.3 is 18.1 Å². The minimum absolute atomic E-state index is 0.414. The van der Waals surface area contributed by atoms with Crippen LogP contribution < -0.4 is 11.1 Å². The van der Waals surface area contributed by atoms with E-state index in [0.717, 1.165) is 26.8 Å². The van der Waals surface area contributed by atoms with Gasteiger partial charge in [0.2, 0.25) is 0 Å². The van der Waals surface area contributed by atoms with Gasteiger partial charge in [-0.25, -0.2) is 10.1 Å². The maximum Gasteiger partial charge on any atom is 0.491 e. The molecular formula is C28H22F3N3O3. The van der Waals surface area contributed by atoms with Gasteiger partial charge in [0.05, 0.1) is 0 Å². The smallest absolute Gasteiger partial charge is 0.404 e. The van der Waals surface area contributed by atoms with Crippen LogP contribution in [0.25, 0.3) is 21.9 Å². The molecule has 1 heterocycles. The van der Waals surface area contributed by atoms with E-state index in [-0.39, 0.29) is 0 Å². The standard InChI is InChI=1S/C28H22F3N3O3/c1-34-24(35)26(22-11-3-2-4-12-22,33-28(34,32)37-25(36)27(29,30)31)23-13-7-10-20(17-23)21-15-14-18-8-5-6-9-19(18)16-21/h2-17,33H,32H2,1H3. The molecule has 4 aromatic carbocycles. The molecule has 1 saturated heterocycles. The molecule has 6 nitrogen and oxygen atoms in total. The van der Waals surface area contributed by atoms with E-state index in [1.807, 2.05) is 48.5 Å². The zero-order valence-corrected chi connectivity index (χ0v) is 19.6. The zero-order chi connectivity index (χ0) is 26.4. The van der Waals surface area contributed by atoms with Crippen molar-refractivity contribution in [3.63, 3.8) is 0 Å². The number of nitrogens with zero attached hydrogens (tertiary/aromatic N) is 1. The lowest BCUT2D eigenvalue weighted by molar-refractivity contribution is -0.228. The number of alkyl halides is 3. The number of hydrogen-bond acceptors (Lipinski definition) is 5. The number of nitrogens with two attached hydrogens (primary N) is 1. The Balaban J connectivity index is 1.65. The first-order valence-electron chi connectivity index (χ1n) is 11.4. The minimum Gasteiger partial charge on any atom is -0.404 e.